The van der Waals surface area contributed by atoms with Crippen LogP contribution in [0.2, 0.25) is 0 Å². The second kappa shape index (κ2) is 6.53. The third kappa shape index (κ3) is 2.76. The Bertz CT molecular complexity index is 288. The fraction of sp³-hybridized carbons (Fsp3) is 0.750. The number of nitrogens with one attached hydrogen (secondary N) is 1. The van der Waals surface area contributed by atoms with E-state index < -0.39 is 0 Å². The van der Waals surface area contributed by atoms with Gasteiger partial charge in [0.2, 0.25) is 0 Å². The van der Waals surface area contributed by atoms with E-state index in [-0.39, 0.29) is 0 Å². The molecule has 0 aliphatic carbocycles. The molecule has 1 N–H and O–H groups in total. The molecule has 0 aliphatic heterocycles. The van der Waals surface area contributed by atoms with E-state index >= 15 is 0 Å². The molecule has 0 amide bonds. The topological polar surface area (TPSA) is 39.1 Å². The summed E-state index contributed by atoms with van der Waals surface area (Å²) in [5.74, 6) is 0.886. The van der Waals surface area contributed by atoms with Crippen LogP contribution in [0.4, 0.5) is 0 Å². The summed E-state index contributed by atoms with van der Waals surface area (Å²) in [4.78, 5) is 0. The van der Waals surface area contributed by atoms with Crippen LogP contribution in [0.3, 0.4) is 0 Å². The predicted octanol–water partition coefficient (Wildman–Crippen LogP) is 2.36. The monoisotopic (exact) mass is 225 g/mol. The highest BCUT2D eigenvalue weighted by atomic mass is 16.5. The molecule has 1 heterocycles. The summed E-state index contributed by atoms with van der Waals surface area (Å²) < 4.78 is 7.38. The van der Waals surface area contributed by atoms with Crippen molar-refractivity contribution in [3.05, 3.63) is 11.9 Å². The number of methoxy groups -OCH3 is 1. The molecule has 1 unspecified atom stereocenters. The Labute approximate surface area is 98.0 Å². The van der Waals surface area contributed by atoms with Crippen molar-refractivity contribution in [2.24, 2.45) is 0 Å². The van der Waals surface area contributed by atoms with Crippen LogP contribution in [-0.4, -0.2) is 23.9 Å². The van der Waals surface area contributed by atoms with E-state index in [1.165, 1.54) is 18.5 Å². The van der Waals surface area contributed by atoms with Crippen LogP contribution in [-0.2, 0) is 6.54 Å². The average molecular weight is 225 g/mol. The Balaban J connectivity index is 2.91. The molecule has 0 radical (unpaired) electrons. The number of unbranched alkanes of at least 4 members (excludes halogenated alkanes) is 1. The highest BCUT2D eigenvalue weighted by Crippen LogP contribution is 2.28. The zero-order valence-corrected chi connectivity index (χ0v) is 10.8. The summed E-state index contributed by atoms with van der Waals surface area (Å²) in [6.45, 7) is 5.19. The van der Waals surface area contributed by atoms with Crippen LogP contribution < -0.4 is 10.1 Å². The first kappa shape index (κ1) is 13.0. The summed E-state index contributed by atoms with van der Waals surface area (Å²) >= 11 is 0. The first-order chi connectivity index (χ1) is 7.78. The van der Waals surface area contributed by atoms with Crippen molar-refractivity contribution in [2.45, 2.75) is 45.7 Å². The Hall–Kier alpha value is -1.03. The Kier molecular flexibility index (Phi) is 5.32. The average Bonchev–Trinajstić information content (AvgIpc) is 2.73. The van der Waals surface area contributed by atoms with Gasteiger partial charge in [0.25, 0.3) is 0 Å². The standard InChI is InChI=1S/C12H23N3O/c1-5-7-8-10(13-3)12-11(16-4)9-14-15(12)6-2/h9-10,13H,5-8H2,1-4H3. The van der Waals surface area contributed by atoms with Crippen LogP contribution in [0.25, 0.3) is 0 Å². The molecule has 16 heavy (non-hydrogen) atoms. The van der Waals surface area contributed by atoms with Gasteiger partial charge in [-0.25, -0.2) is 0 Å². The lowest BCUT2D eigenvalue weighted by Gasteiger charge is -2.18. The molecule has 0 saturated heterocycles. The molecule has 0 spiro atoms. The second-order valence-corrected chi connectivity index (χ2v) is 3.90. The maximum absolute atomic E-state index is 5.37. The molecule has 0 aromatic carbocycles. The molecule has 0 aliphatic rings. The quantitative estimate of drug-likeness (QED) is 0.774. The highest BCUT2D eigenvalue weighted by molar-refractivity contribution is 5.28. The lowest BCUT2D eigenvalue weighted by atomic mass is 10.1. The molecular formula is C12H23N3O. The molecule has 1 atom stereocenters. The van der Waals surface area contributed by atoms with E-state index in [9.17, 15) is 0 Å². The number of nitrogens with zero attached hydrogens (tertiary/aromatic N) is 2. The van der Waals surface area contributed by atoms with E-state index in [4.69, 9.17) is 4.74 Å². The van der Waals surface area contributed by atoms with Crippen molar-refractivity contribution >= 4 is 0 Å². The van der Waals surface area contributed by atoms with E-state index in [1.54, 1.807) is 13.3 Å². The maximum atomic E-state index is 5.37. The third-order valence-corrected chi connectivity index (χ3v) is 2.89. The van der Waals surface area contributed by atoms with Crippen molar-refractivity contribution in [3.63, 3.8) is 0 Å². The number of aryl methyl sites for hydroxylation is 1. The Morgan fingerprint density at radius 3 is 2.75 bits per heavy atom. The molecule has 0 bridgehead atoms. The fourth-order valence-electron chi connectivity index (χ4n) is 1.96. The maximum Gasteiger partial charge on any atom is 0.161 e. The number of hydrogen-bond acceptors (Lipinski definition) is 3. The molecule has 0 saturated carbocycles. The van der Waals surface area contributed by atoms with Crippen LogP contribution in [0.5, 0.6) is 5.75 Å². The summed E-state index contributed by atoms with van der Waals surface area (Å²) in [6, 6.07) is 0.331. The van der Waals surface area contributed by atoms with Gasteiger partial charge < -0.3 is 10.1 Å². The fourth-order valence-corrected chi connectivity index (χ4v) is 1.96. The number of hydrogen-bond donors (Lipinski definition) is 1. The predicted molar refractivity (Wildman–Crippen MR) is 65.8 cm³/mol. The SMILES string of the molecule is CCCCC(NC)c1c(OC)cnn1CC. The molecule has 1 aromatic rings. The minimum Gasteiger partial charge on any atom is -0.493 e. The van der Waals surface area contributed by atoms with Gasteiger partial charge in [-0.2, -0.15) is 5.10 Å². The van der Waals surface area contributed by atoms with E-state index in [0.29, 0.717) is 6.04 Å². The molecule has 4 nitrogen and oxygen atoms in total. The van der Waals surface area contributed by atoms with Gasteiger partial charge in [0.1, 0.15) is 0 Å². The summed E-state index contributed by atoms with van der Waals surface area (Å²) in [7, 11) is 3.69. The van der Waals surface area contributed by atoms with Crippen molar-refractivity contribution in [1.82, 2.24) is 15.1 Å². The molecule has 1 aromatic heterocycles. The van der Waals surface area contributed by atoms with Crippen LogP contribution in [0.15, 0.2) is 6.20 Å². The van der Waals surface area contributed by atoms with Gasteiger partial charge in [-0.05, 0) is 20.4 Å². The van der Waals surface area contributed by atoms with E-state index in [2.05, 4.69) is 24.3 Å². The van der Waals surface area contributed by atoms with Crippen molar-refractivity contribution < 1.29 is 4.74 Å². The molecule has 92 valence electrons. The highest BCUT2D eigenvalue weighted by Gasteiger charge is 2.19. The summed E-state index contributed by atoms with van der Waals surface area (Å²) in [5.41, 5.74) is 1.17. The first-order valence-electron chi connectivity index (χ1n) is 6.05. The van der Waals surface area contributed by atoms with Crippen LogP contribution in [0.1, 0.15) is 44.8 Å². The van der Waals surface area contributed by atoms with E-state index in [1.807, 2.05) is 11.7 Å². The van der Waals surface area contributed by atoms with Gasteiger partial charge in [-0.15, -0.1) is 0 Å². The zero-order valence-electron chi connectivity index (χ0n) is 10.8. The zero-order chi connectivity index (χ0) is 12.0. The van der Waals surface area contributed by atoms with Gasteiger partial charge in [-0.1, -0.05) is 19.8 Å². The first-order valence-corrected chi connectivity index (χ1v) is 6.05. The van der Waals surface area contributed by atoms with Crippen molar-refractivity contribution in [3.8, 4) is 5.75 Å². The number of aromatic nitrogens is 2. The minimum absolute atomic E-state index is 0.331. The lowest BCUT2D eigenvalue weighted by Crippen LogP contribution is -2.20. The summed E-state index contributed by atoms with van der Waals surface area (Å²) in [6.07, 6.45) is 5.34. The van der Waals surface area contributed by atoms with Gasteiger partial charge in [0, 0.05) is 6.54 Å². The molecule has 1 rings (SSSR count). The third-order valence-electron chi connectivity index (χ3n) is 2.89. The number of rotatable bonds is 7. The normalized spacial score (nSPS) is 12.8. The van der Waals surface area contributed by atoms with Crippen molar-refractivity contribution in [2.75, 3.05) is 14.2 Å². The Morgan fingerprint density at radius 1 is 1.50 bits per heavy atom. The largest absolute Gasteiger partial charge is 0.493 e. The molecule has 4 heteroatoms. The van der Waals surface area contributed by atoms with Crippen LogP contribution >= 0.6 is 0 Å². The van der Waals surface area contributed by atoms with Crippen LogP contribution in [0, 0.1) is 0 Å². The van der Waals surface area contributed by atoms with Gasteiger partial charge in [-0.3, -0.25) is 4.68 Å². The van der Waals surface area contributed by atoms with E-state index in [0.717, 1.165) is 18.7 Å². The Morgan fingerprint density at radius 2 is 2.25 bits per heavy atom. The number of ether oxygens (including phenoxy) is 1. The summed E-state index contributed by atoms with van der Waals surface area (Å²) in [5, 5.41) is 7.68. The van der Waals surface area contributed by atoms with Gasteiger partial charge in [0.15, 0.2) is 5.75 Å². The second-order valence-electron chi connectivity index (χ2n) is 3.90. The lowest BCUT2D eigenvalue weighted by molar-refractivity contribution is 0.388. The minimum atomic E-state index is 0.331. The van der Waals surface area contributed by atoms with Gasteiger partial charge >= 0.3 is 0 Å². The van der Waals surface area contributed by atoms with Crippen molar-refractivity contribution in [1.29, 1.82) is 0 Å². The molecule has 0 fully saturated rings. The smallest absolute Gasteiger partial charge is 0.161 e. The molecular weight excluding hydrogens is 202 g/mol. The van der Waals surface area contributed by atoms with Gasteiger partial charge in [0.05, 0.1) is 25.0 Å².